The van der Waals surface area contributed by atoms with Crippen molar-refractivity contribution >= 4 is 34.8 Å². The second-order valence-electron chi connectivity index (χ2n) is 6.47. The molecule has 7 heteroatoms. The molecular weight excluding hydrogens is 364 g/mol. The number of hydrogen-bond donors (Lipinski definition) is 3. The summed E-state index contributed by atoms with van der Waals surface area (Å²) >= 11 is 1.68. The maximum Gasteiger partial charge on any atom is 0.303 e. The molecule has 1 atom stereocenters. The number of benzene rings is 1. The van der Waals surface area contributed by atoms with Gasteiger partial charge in [0.15, 0.2) is 0 Å². The maximum atomic E-state index is 12.2. The zero-order valence-corrected chi connectivity index (χ0v) is 16.1. The summed E-state index contributed by atoms with van der Waals surface area (Å²) in [5.41, 5.74) is 0.997. The number of carbonyl (C=O) groups is 3. The first-order chi connectivity index (χ1) is 12.9. The van der Waals surface area contributed by atoms with Crippen LogP contribution < -0.4 is 10.6 Å². The molecule has 2 rings (SSSR count). The molecule has 0 radical (unpaired) electrons. The van der Waals surface area contributed by atoms with Crippen LogP contribution in [0.25, 0.3) is 0 Å². The lowest BCUT2D eigenvalue weighted by atomic mass is 10.1. The molecule has 0 saturated carbocycles. The highest BCUT2D eigenvalue weighted by atomic mass is 32.1. The van der Waals surface area contributed by atoms with Crippen LogP contribution in [-0.4, -0.2) is 29.4 Å². The van der Waals surface area contributed by atoms with Gasteiger partial charge in [0.25, 0.3) is 5.91 Å². The average Bonchev–Trinajstić information content (AvgIpc) is 3.12. The Morgan fingerprint density at radius 2 is 2.00 bits per heavy atom. The zero-order valence-electron chi connectivity index (χ0n) is 15.2. The molecule has 3 N–H and O–H groups in total. The Hall–Kier alpha value is -2.67. The Morgan fingerprint density at radius 3 is 2.70 bits per heavy atom. The van der Waals surface area contributed by atoms with E-state index in [9.17, 15) is 14.4 Å². The number of amides is 2. The van der Waals surface area contributed by atoms with Crippen molar-refractivity contribution in [3.05, 3.63) is 52.2 Å². The molecule has 0 saturated heterocycles. The summed E-state index contributed by atoms with van der Waals surface area (Å²) in [5, 5.41) is 16.3. The van der Waals surface area contributed by atoms with Gasteiger partial charge >= 0.3 is 5.97 Å². The number of thiophene rings is 1. The third-order valence-corrected chi connectivity index (χ3v) is 4.89. The highest BCUT2D eigenvalue weighted by molar-refractivity contribution is 7.09. The second kappa shape index (κ2) is 10.5. The first-order valence-electron chi connectivity index (χ1n) is 8.86. The molecule has 0 fully saturated rings. The van der Waals surface area contributed by atoms with E-state index in [1.807, 2.05) is 11.4 Å². The molecule has 0 bridgehead atoms. The number of nitrogens with one attached hydrogen (secondary N) is 2. The fraction of sp³-hybridized carbons (Fsp3) is 0.350. The van der Waals surface area contributed by atoms with Crippen LogP contribution in [0.1, 0.15) is 41.4 Å². The summed E-state index contributed by atoms with van der Waals surface area (Å²) in [5.74, 6) is -1.42. The summed E-state index contributed by atoms with van der Waals surface area (Å²) in [6.07, 6.45) is 2.07. The second-order valence-corrected chi connectivity index (χ2v) is 7.51. The molecule has 0 spiro atoms. The van der Waals surface area contributed by atoms with E-state index in [2.05, 4.69) is 16.7 Å². The Balaban J connectivity index is 1.80. The van der Waals surface area contributed by atoms with Crippen molar-refractivity contribution in [2.75, 3.05) is 11.9 Å². The van der Waals surface area contributed by atoms with E-state index in [4.69, 9.17) is 5.11 Å². The summed E-state index contributed by atoms with van der Waals surface area (Å²) in [7, 11) is 0. The predicted octanol–water partition coefficient (Wildman–Crippen LogP) is 3.55. The highest BCUT2D eigenvalue weighted by Gasteiger charge is 2.12. The van der Waals surface area contributed by atoms with Crippen molar-refractivity contribution in [2.24, 2.45) is 5.92 Å². The van der Waals surface area contributed by atoms with Gasteiger partial charge in [-0.25, -0.2) is 0 Å². The molecule has 6 nitrogen and oxygen atoms in total. The van der Waals surface area contributed by atoms with Gasteiger partial charge < -0.3 is 15.7 Å². The van der Waals surface area contributed by atoms with Crippen molar-refractivity contribution in [1.82, 2.24) is 5.32 Å². The van der Waals surface area contributed by atoms with Gasteiger partial charge in [-0.15, -0.1) is 11.3 Å². The van der Waals surface area contributed by atoms with Gasteiger partial charge in [-0.3, -0.25) is 14.4 Å². The van der Waals surface area contributed by atoms with Gasteiger partial charge in [0.05, 0.1) is 0 Å². The number of hydrogen-bond acceptors (Lipinski definition) is 4. The Bertz CT molecular complexity index is 774. The third-order valence-electron chi connectivity index (χ3n) is 3.95. The minimum absolute atomic E-state index is 0.00183. The number of carboxylic acids is 1. The molecule has 27 heavy (non-hydrogen) atoms. The van der Waals surface area contributed by atoms with Crippen molar-refractivity contribution in [1.29, 1.82) is 0 Å². The summed E-state index contributed by atoms with van der Waals surface area (Å²) in [6, 6.07) is 10.8. The van der Waals surface area contributed by atoms with Crippen LogP contribution in [0, 0.1) is 5.92 Å². The number of carboxylic acid groups (broad SMARTS) is 1. The van der Waals surface area contributed by atoms with Crippen LogP contribution in [0.3, 0.4) is 0 Å². The van der Waals surface area contributed by atoms with Gasteiger partial charge in [-0.2, -0.15) is 0 Å². The molecule has 144 valence electrons. The topological polar surface area (TPSA) is 95.5 Å². The molecule has 1 unspecified atom stereocenters. The van der Waals surface area contributed by atoms with E-state index in [0.717, 1.165) is 12.8 Å². The lowest BCUT2D eigenvalue weighted by molar-refractivity contribution is -0.137. The van der Waals surface area contributed by atoms with Gasteiger partial charge in [0.1, 0.15) is 0 Å². The molecule has 0 aliphatic carbocycles. The standard InChI is InChI=1S/C20H24N2O4S/c1-14(11-19(24)25)13-21-20(26)15-5-2-6-16(12-15)22-18(23)9-3-7-17-8-4-10-27-17/h2,4-6,8,10,12,14H,3,7,9,11,13H2,1H3,(H,21,26)(H,22,23)(H,24,25). The number of anilines is 1. The number of carbonyl (C=O) groups excluding carboxylic acids is 2. The Kier molecular flexibility index (Phi) is 8.00. The normalized spacial score (nSPS) is 11.6. The minimum Gasteiger partial charge on any atom is -0.481 e. The van der Waals surface area contributed by atoms with Crippen LogP contribution in [0.2, 0.25) is 0 Å². The third kappa shape index (κ3) is 7.62. The van der Waals surface area contributed by atoms with Gasteiger partial charge in [0.2, 0.25) is 5.91 Å². The number of rotatable bonds is 10. The number of aryl methyl sites for hydroxylation is 1. The largest absolute Gasteiger partial charge is 0.481 e. The van der Waals surface area contributed by atoms with Gasteiger partial charge in [-0.1, -0.05) is 19.1 Å². The van der Waals surface area contributed by atoms with E-state index in [1.165, 1.54) is 4.88 Å². The fourth-order valence-corrected chi connectivity index (χ4v) is 3.33. The maximum absolute atomic E-state index is 12.2. The van der Waals surface area contributed by atoms with Crippen LogP contribution in [0.15, 0.2) is 41.8 Å². The molecule has 1 aromatic carbocycles. The lowest BCUT2D eigenvalue weighted by Gasteiger charge is -2.11. The SMILES string of the molecule is CC(CNC(=O)c1cccc(NC(=O)CCCc2cccs2)c1)CC(=O)O. The van der Waals surface area contributed by atoms with E-state index in [1.54, 1.807) is 42.5 Å². The average molecular weight is 388 g/mol. The predicted molar refractivity (Wildman–Crippen MR) is 106 cm³/mol. The summed E-state index contributed by atoms with van der Waals surface area (Å²) in [4.78, 5) is 36.2. The quantitative estimate of drug-likeness (QED) is 0.580. The Labute approximate surface area is 162 Å². The molecule has 0 aliphatic rings. The van der Waals surface area contributed by atoms with Crippen LogP contribution in [0.4, 0.5) is 5.69 Å². The van der Waals surface area contributed by atoms with Gasteiger partial charge in [-0.05, 0) is 48.4 Å². The molecular formula is C20H24N2O4S. The first kappa shape index (κ1) is 20.6. The monoisotopic (exact) mass is 388 g/mol. The lowest BCUT2D eigenvalue weighted by Crippen LogP contribution is -2.29. The molecule has 1 heterocycles. The van der Waals surface area contributed by atoms with E-state index < -0.39 is 5.97 Å². The van der Waals surface area contributed by atoms with Crippen LogP contribution >= 0.6 is 11.3 Å². The summed E-state index contributed by atoms with van der Waals surface area (Å²) in [6.45, 7) is 2.05. The Morgan fingerprint density at radius 1 is 1.19 bits per heavy atom. The highest BCUT2D eigenvalue weighted by Crippen LogP contribution is 2.14. The van der Waals surface area contributed by atoms with E-state index in [-0.39, 0.29) is 30.7 Å². The first-order valence-corrected chi connectivity index (χ1v) is 9.74. The molecule has 1 aromatic heterocycles. The number of aliphatic carboxylic acids is 1. The van der Waals surface area contributed by atoms with Crippen LogP contribution in [-0.2, 0) is 16.0 Å². The van der Waals surface area contributed by atoms with Crippen molar-refractivity contribution in [3.63, 3.8) is 0 Å². The zero-order chi connectivity index (χ0) is 19.6. The smallest absolute Gasteiger partial charge is 0.303 e. The van der Waals surface area contributed by atoms with Crippen molar-refractivity contribution in [2.45, 2.75) is 32.6 Å². The fourth-order valence-electron chi connectivity index (χ4n) is 2.58. The van der Waals surface area contributed by atoms with Crippen LogP contribution in [0.5, 0.6) is 0 Å². The van der Waals surface area contributed by atoms with E-state index >= 15 is 0 Å². The van der Waals surface area contributed by atoms with E-state index in [0.29, 0.717) is 17.7 Å². The van der Waals surface area contributed by atoms with Crippen molar-refractivity contribution in [3.8, 4) is 0 Å². The van der Waals surface area contributed by atoms with Gasteiger partial charge in [0, 0.05) is 35.5 Å². The molecule has 2 amide bonds. The molecule has 2 aromatic rings. The van der Waals surface area contributed by atoms with Crippen molar-refractivity contribution < 1.29 is 19.5 Å². The molecule has 0 aliphatic heterocycles. The summed E-state index contributed by atoms with van der Waals surface area (Å²) < 4.78 is 0. The minimum atomic E-state index is -0.888.